The number of hydrogen-bond donors (Lipinski definition) is 0. The molecule has 1 rings (SSSR count). The van der Waals surface area contributed by atoms with Crippen LogP contribution in [0.15, 0.2) is 23.3 Å². The Hall–Kier alpha value is -0.673. The van der Waals surface area contributed by atoms with Gasteiger partial charge in [0.1, 0.15) is 0 Å². The highest BCUT2D eigenvalue weighted by Crippen LogP contribution is 2.45. The van der Waals surface area contributed by atoms with Gasteiger partial charge in [-0.1, -0.05) is 40.7 Å². The fourth-order valence-corrected chi connectivity index (χ4v) is 4.15. The lowest BCUT2D eigenvalue weighted by molar-refractivity contribution is -0.112. The minimum absolute atomic E-state index is 0.100. The van der Waals surface area contributed by atoms with E-state index in [0.29, 0.717) is 0 Å². The maximum absolute atomic E-state index is 11.3. The minimum atomic E-state index is -1.78. The molecule has 0 amide bonds. The van der Waals surface area contributed by atoms with E-state index < -0.39 is 8.32 Å². The van der Waals surface area contributed by atoms with Crippen molar-refractivity contribution in [2.75, 3.05) is 0 Å². The second-order valence-electron chi connectivity index (χ2n) is 8.83. The van der Waals surface area contributed by atoms with E-state index in [0.717, 1.165) is 12.8 Å². The first kappa shape index (κ1) is 19.4. The molecule has 22 heavy (non-hydrogen) atoms. The molecule has 0 fully saturated rings. The molecule has 0 bridgehead atoms. The van der Waals surface area contributed by atoms with Crippen molar-refractivity contribution in [3.63, 3.8) is 0 Å². The van der Waals surface area contributed by atoms with Crippen LogP contribution in [-0.4, -0.2) is 20.2 Å². The molecule has 0 N–H and O–H groups in total. The fraction of sp³-hybridized carbons (Fsp3) is 0.737. The molecule has 0 aliphatic heterocycles. The van der Waals surface area contributed by atoms with Gasteiger partial charge in [-0.3, -0.25) is 4.79 Å². The molecule has 1 aliphatic carbocycles. The van der Waals surface area contributed by atoms with E-state index in [-0.39, 0.29) is 22.3 Å². The van der Waals surface area contributed by atoms with E-state index in [1.807, 2.05) is 6.08 Å². The van der Waals surface area contributed by atoms with E-state index in [1.54, 1.807) is 13.0 Å². The molecule has 0 aromatic carbocycles. The van der Waals surface area contributed by atoms with Gasteiger partial charge in [0.25, 0.3) is 0 Å². The predicted molar refractivity (Wildman–Crippen MR) is 97.6 cm³/mol. The van der Waals surface area contributed by atoms with Crippen LogP contribution in [0.1, 0.15) is 61.3 Å². The zero-order valence-corrected chi connectivity index (χ0v) is 17.0. The van der Waals surface area contributed by atoms with Crippen LogP contribution in [0.4, 0.5) is 0 Å². The lowest BCUT2D eigenvalue weighted by Crippen LogP contribution is -2.45. The standard InChI is InChI=1S/C19H34O2Si/c1-14(20)10-11-16-15(2)17(12-13-19(16,6)7)21-22(8,9)18(3,4)5/h10-11,17H,12-13H2,1-9H3/b11-10+/t17-/m1/s1. The molecule has 0 spiro atoms. The lowest BCUT2D eigenvalue weighted by atomic mass is 9.71. The zero-order valence-electron chi connectivity index (χ0n) is 16.0. The molecule has 1 aliphatic rings. The number of rotatable bonds is 4. The van der Waals surface area contributed by atoms with Crippen LogP contribution < -0.4 is 0 Å². The molecule has 0 radical (unpaired) electrons. The molecule has 0 aromatic rings. The average molecular weight is 323 g/mol. The van der Waals surface area contributed by atoms with Crippen molar-refractivity contribution in [1.29, 1.82) is 0 Å². The van der Waals surface area contributed by atoms with Gasteiger partial charge in [0.15, 0.2) is 14.1 Å². The second-order valence-corrected chi connectivity index (χ2v) is 13.6. The Bertz CT molecular complexity index is 490. The van der Waals surface area contributed by atoms with Crippen molar-refractivity contribution in [3.8, 4) is 0 Å². The number of ketones is 1. The summed E-state index contributed by atoms with van der Waals surface area (Å²) in [6.07, 6.45) is 6.07. The highest BCUT2D eigenvalue weighted by Gasteiger charge is 2.41. The summed E-state index contributed by atoms with van der Waals surface area (Å²) in [4.78, 5) is 11.3. The molecule has 0 saturated heterocycles. The van der Waals surface area contributed by atoms with Crippen LogP contribution in [0.3, 0.4) is 0 Å². The average Bonchev–Trinajstić information content (AvgIpc) is 2.30. The lowest BCUT2D eigenvalue weighted by Gasteiger charge is -2.44. The Morgan fingerprint density at radius 2 is 1.86 bits per heavy atom. The van der Waals surface area contributed by atoms with Crippen molar-refractivity contribution in [2.24, 2.45) is 5.41 Å². The first-order chi connectivity index (χ1) is 9.78. The van der Waals surface area contributed by atoms with Crippen LogP contribution in [-0.2, 0) is 9.22 Å². The summed E-state index contributed by atoms with van der Waals surface area (Å²) in [5.74, 6) is 0.100. The fourth-order valence-electron chi connectivity index (χ4n) is 2.79. The normalized spacial score (nSPS) is 23.2. The Balaban J connectivity index is 3.14. The molecule has 0 saturated carbocycles. The first-order valence-electron chi connectivity index (χ1n) is 8.36. The highest BCUT2D eigenvalue weighted by molar-refractivity contribution is 6.74. The Labute approximate surface area is 138 Å². The van der Waals surface area contributed by atoms with Gasteiger partial charge in [-0.2, -0.15) is 0 Å². The molecular weight excluding hydrogens is 288 g/mol. The number of carbonyl (C=O) groups is 1. The third kappa shape index (κ3) is 4.42. The van der Waals surface area contributed by atoms with Crippen molar-refractivity contribution < 1.29 is 9.22 Å². The summed E-state index contributed by atoms with van der Waals surface area (Å²) < 4.78 is 6.65. The molecule has 0 aromatic heterocycles. The number of carbonyl (C=O) groups excluding carboxylic acids is 1. The van der Waals surface area contributed by atoms with E-state index in [4.69, 9.17) is 4.43 Å². The van der Waals surface area contributed by atoms with E-state index >= 15 is 0 Å². The summed E-state index contributed by atoms with van der Waals surface area (Å²) in [7, 11) is -1.78. The Kier molecular flexibility index (Phi) is 5.67. The molecule has 0 unspecified atom stereocenters. The quantitative estimate of drug-likeness (QED) is 0.493. The topological polar surface area (TPSA) is 26.3 Å². The van der Waals surface area contributed by atoms with E-state index in [1.165, 1.54) is 11.1 Å². The summed E-state index contributed by atoms with van der Waals surface area (Å²) >= 11 is 0. The van der Waals surface area contributed by atoms with Crippen molar-refractivity contribution in [3.05, 3.63) is 23.3 Å². The van der Waals surface area contributed by atoms with E-state index in [2.05, 4.69) is 54.6 Å². The van der Waals surface area contributed by atoms with Gasteiger partial charge >= 0.3 is 0 Å². The molecule has 1 atom stereocenters. The van der Waals surface area contributed by atoms with Crippen LogP contribution in [0, 0.1) is 5.41 Å². The summed E-state index contributed by atoms with van der Waals surface area (Å²) in [6.45, 7) is 19.8. The van der Waals surface area contributed by atoms with Crippen LogP contribution in [0.25, 0.3) is 0 Å². The summed E-state index contributed by atoms with van der Waals surface area (Å²) in [5.41, 5.74) is 2.69. The van der Waals surface area contributed by atoms with Crippen LogP contribution in [0.5, 0.6) is 0 Å². The third-order valence-electron chi connectivity index (χ3n) is 5.40. The SMILES string of the molecule is CC(=O)/C=C/C1=C(C)[C@H](O[Si](C)(C)C(C)(C)C)CCC1(C)C. The largest absolute Gasteiger partial charge is 0.410 e. The van der Waals surface area contributed by atoms with Crippen molar-refractivity contribution >= 4 is 14.1 Å². The highest BCUT2D eigenvalue weighted by atomic mass is 28.4. The molecular formula is C19H34O2Si. The zero-order chi connectivity index (χ0) is 17.3. The smallest absolute Gasteiger partial charge is 0.192 e. The van der Waals surface area contributed by atoms with Gasteiger partial charge in [0.2, 0.25) is 0 Å². The van der Waals surface area contributed by atoms with Gasteiger partial charge in [-0.05, 0) is 67.5 Å². The predicted octanol–water partition coefficient (Wildman–Crippen LogP) is 5.66. The molecule has 2 nitrogen and oxygen atoms in total. The van der Waals surface area contributed by atoms with Gasteiger partial charge in [-0.15, -0.1) is 0 Å². The minimum Gasteiger partial charge on any atom is -0.410 e. The maximum atomic E-state index is 11.3. The van der Waals surface area contributed by atoms with Gasteiger partial charge in [0, 0.05) is 0 Å². The Morgan fingerprint density at radius 1 is 1.32 bits per heavy atom. The second kappa shape index (κ2) is 6.44. The van der Waals surface area contributed by atoms with Crippen molar-refractivity contribution in [2.45, 2.75) is 85.5 Å². The van der Waals surface area contributed by atoms with Crippen LogP contribution >= 0.6 is 0 Å². The van der Waals surface area contributed by atoms with Crippen molar-refractivity contribution in [1.82, 2.24) is 0 Å². The van der Waals surface area contributed by atoms with E-state index in [9.17, 15) is 4.79 Å². The summed E-state index contributed by atoms with van der Waals surface area (Å²) in [5, 5.41) is 0.218. The summed E-state index contributed by atoms with van der Waals surface area (Å²) in [6, 6.07) is 0. The number of hydrogen-bond acceptors (Lipinski definition) is 2. The maximum Gasteiger partial charge on any atom is 0.192 e. The molecule has 3 heteroatoms. The van der Waals surface area contributed by atoms with Gasteiger partial charge in [-0.25, -0.2) is 0 Å². The number of allylic oxidation sites excluding steroid dienone is 3. The molecule has 126 valence electrons. The van der Waals surface area contributed by atoms with Gasteiger partial charge < -0.3 is 4.43 Å². The molecule has 0 heterocycles. The third-order valence-corrected chi connectivity index (χ3v) is 9.88. The first-order valence-corrected chi connectivity index (χ1v) is 11.3. The Morgan fingerprint density at radius 3 is 2.32 bits per heavy atom. The van der Waals surface area contributed by atoms with Gasteiger partial charge in [0.05, 0.1) is 6.10 Å². The van der Waals surface area contributed by atoms with Crippen LogP contribution in [0.2, 0.25) is 18.1 Å². The monoisotopic (exact) mass is 322 g/mol.